The van der Waals surface area contributed by atoms with Gasteiger partial charge >= 0.3 is 12.0 Å². The van der Waals surface area contributed by atoms with Crippen molar-refractivity contribution in [3.05, 3.63) is 0 Å². The molecule has 3 amide bonds. The number of aliphatic carboxylic acids is 1. The van der Waals surface area contributed by atoms with Crippen molar-refractivity contribution in [1.29, 1.82) is 0 Å². The number of urea groups is 1. The first-order valence-electron chi connectivity index (χ1n) is 6.49. The van der Waals surface area contributed by atoms with E-state index in [1.807, 2.05) is 7.05 Å². The molecule has 116 valence electrons. The maximum absolute atomic E-state index is 11.5. The molecule has 0 aromatic carbocycles. The van der Waals surface area contributed by atoms with Crippen molar-refractivity contribution in [2.45, 2.75) is 38.8 Å². The molecule has 20 heavy (non-hydrogen) atoms. The molecule has 0 rings (SSSR count). The van der Waals surface area contributed by atoms with E-state index in [1.54, 1.807) is 0 Å². The van der Waals surface area contributed by atoms with E-state index >= 15 is 0 Å². The number of amides is 3. The summed E-state index contributed by atoms with van der Waals surface area (Å²) in [6, 6.07) is -1.49. The fourth-order valence-electron chi connectivity index (χ4n) is 1.40. The molecule has 0 radical (unpaired) electrons. The van der Waals surface area contributed by atoms with Crippen LogP contribution >= 0.6 is 0 Å². The van der Waals surface area contributed by atoms with Crippen LogP contribution in [0.4, 0.5) is 4.79 Å². The number of nitrogens with zero attached hydrogens (tertiary/aromatic N) is 1. The summed E-state index contributed by atoms with van der Waals surface area (Å²) in [5.74, 6) is -2.07. The van der Waals surface area contributed by atoms with Crippen LogP contribution in [-0.4, -0.2) is 60.1 Å². The predicted octanol–water partition coefficient (Wildman–Crippen LogP) is -0.655. The van der Waals surface area contributed by atoms with E-state index in [2.05, 4.69) is 29.4 Å². The highest BCUT2D eigenvalue weighted by molar-refractivity contribution is 5.87. The first-order chi connectivity index (χ1) is 9.23. The van der Waals surface area contributed by atoms with Gasteiger partial charge in [-0.3, -0.25) is 4.79 Å². The fourth-order valence-corrected chi connectivity index (χ4v) is 1.40. The van der Waals surface area contributed by atoms with E-state index in [1.165, 1.54) is 0 Å². The minimum Gasteiger partial charge on any atom is -0.480 e. The maximum atomic E-state index is 11.5. The van der Waals surface area contributed by atoms with Gasteiger partial charge in [0, 0.05) is 12.6 Å². The van der Waals surface area contributed by atoms with Crippen molar-refractivity contribution >= 4 is 17.9 Å². The SMILES string of the molecule is CC(C)N(C)CCCNC(=O)NC(CC(N)=O)C(=O)O. The molecule has 1 unspecified atom stereocenters. The lowest BCUT2D eigenvalue weighted by molar-refractivity contribution is -0.140. The molecule has 0 bridgehead atoms. The molecule has 8 heteroatoms. The number of carbonyl (C=O) groups excluding carboxylic acids is 2. The summed E-state index contributed by atoms with van der Waals surface area (Å²) in [5.41, 5.74) is 4.91. The van der Waals surface area contributed by atoms with Crippen molar-refractivity contribution in [2.24, 2.45) is 5.73 Å². The van der Waals surface area contributed by atoms with Gasteiger partial charge in [-0.1, -0.05) is 0 Å². The number of carboxylic acids is 1. The molecular formula is C12H24N4O4. The largest absolute Gasteiger partial charge is 0.480 e. The van der Waals surface area contributed by atoms with Gasteiger partial charge in [0.25, 0.3) is 0 Å². The van der Waals surface area contributed by atoms with Crippen molar-refractivity contribution in [3.8, 4) is 0 Å². The third kappa shape index (κ3) is 8.30. The molecule has 8 nitrogen and oxygen atoms in total. The first-order valence-corrected chi connectivity index (χ1v) is 6.49. The molecule has 0 fully saturated rings. The van der Waals surface area contributed by atoms with Crippen LogP contribution in [0.2, 0.25) is 0 Å². The summed E-state index contributed by atoms with van der Waals surface area (Å²) in [6.45, 7) is 5.39. The van der Waals surface area contributed by atoms with E-state index in [0.717, 1.165) is 13.0 Å². The van der Waals surface area contributed by atoms with Crippen molar-refractivity contribution in [1.82, 2.24) is 15.5 Å². The van der Waals surface area contributed by atoms with Gasteiger partial charge in [-0.05, 0) is 33.9 Å². The monoisotopic (exact) mass is 288 g/mol. The zero-order valence-corrected chi connectivity index (χ0v) is 12.2. The number of carboxylic acid groups (broad SMARTS) is 1. The zero-order valence-electron chi connectivity index (χ0n) is 12.2. The van der Waals surface area contributed by atoms with Gasteiger partial charge in [0.2, 0.25) is 5.91 Å². The van der Waals surface area contributed by atoms with E-state index in [-0.39, 0.29) is 0 Å². The van der Waals surface area contributed by atoms with Crippen LogP contribution in [0, 0.1) is 0 Å². The highest BCUT2D eigenvalue weighted by Crippen LogP contribution is 1.95. The Morgan fingerprint density at radius 1 is 1.30 bits per heavy atom. The number of carbonyl (C=O) groups is 3. The number of nitrogens with two attached hydrogens (primary N) is 1. The van der Waals surface area contributed by atoms with E-state index in [9.17, 15) is 14.4 Å². The fraction of sp³-hybridized carbons (Fsp3) is 0.750. The Kier molecular flexibility index (Phi) is 8.30. The summed E-state index contributed by atoms with van der Waals surface area (Å²) < 4.78 is 0. The quantitative estimate of drug-likeness (QED) is 0.419. The van der Waals surface area contributed by atoms with Crippen LogP contribution in [-0.2, 0) is 9.59 Å². The van der Waals surface area contributed by atoms with Crippen molar-refractivity contribution < 1.29 is 19.5 Å². The van der Waals surface area contributed by atoms with Gasteiger partial charge < -0.3 is 26.4 Å². The lowest BCUT2D eigenvalue weighted by Crippen LogP contribution is -2.48. The summed E-state index contributed by atoms with van der Waals surface area (Å²) in [4.78, 5) is 35.1. The number of hydrogen-bond acceptors (Lipinski definition) is 4. The van der Waals surface area contributed by atoms with Gasteiger partial charge in [0.15, 0.2) is 0 Å². The molecule has 0 aromatic heterocycles. The van der Waals surface area contributed by atoms with Crippen LogP contribution in [0.5, 0.6) is 0 Å². The smallest absolute Gasteiger partial charge is 0.326 e. The number of rotatable bonds is 9. The number of primary amides is 1. The van der Waals surface area contributed by atoms with Gasteiger partial charge in [-0.2, -0.15) is 0 Å². The lowest BCUT2D eigenvalue weighted by atomic mass is 10.2. The molecule has 0 aromatic rings. The molecule has 0 saturated heterocycles. The standard InChI is InChI=1S/C12H24N4O4/c1-8(2)16(3)6-4-5-14-12(20)15-9(11(18)19)7-10(13)17/h8-9H,4-7H2,1-3H3,(H2,13,17)(H,18,19)(H2,14,15,20). The van der Waals surface area contributed by atoms with Gasteiger partial charge in [0.05, 0.1) is 6.42 Å². The molecule has 5 N–H and O–H groups in total. The van der Waals surface area contributed by atoms with E-state index in [4.69, 9.17) is 10.8 Å². The Balaban J connectivity index is 3.97. The summed E-state index contributed by atoms with van der Waals surface area (Å²) in [6.07, 6.45) is 0.314. The average Bonchev–Trinajstić information content (AvgIpc) is 2.32. The average molecular weight is 288 g/mol. The second-order valence-electron chi connectivity index (χ2n) is 4.89. The highest BCUT2D eigenvalue weighted by atomic mass is 16.4. The predicted molar refractivity (Wildman–Crippen MR) is 74.2 cm³/mol. The molecule has 0 aliphatic heterocycles. The molecule has 0 heterocycles. The van der Waals surface area contributed by atoms with Crippen LogP contribution in [0.15, 0.2) is 0 Å². The second-order valence-corrected chi connectivity index (χ2v) is 4.89. The zero-order chi connectivity index (χ0) is 15.7. The summed E-state index contributed by atoms with van der Waals surface area (Å²) in [7, 11) is 1.98. The van der Waals surface area contributed by atoms with Gasteiger partial charge in [-0.15, -0.1) is 0 Å². The minimum absolute atomic E-state index is 0.422. The molecular weight excluding hydrogens is 264 g/mol. The molecule has 0 aliphatic rings. The Morgan fingerprint density at radius 2 is 1.90 bits per heavy atom. The third-order valence-electron chi connectivity index (χ3n) is 2.86. The summed E-state index contributed by atoms with van der Waals surface area (Å²) in [5, 5.41) is 13.6. The number of nitrogens with one attached hydrogen (secondary N) is 2. The molecule has 1 atom stereocenters. The Labute approximate surface area is 118 Å². The minimum atomic E-state index is -1.30. The van der Waals surface area contributed by atoms with Gasteiger partial charge in [0.1, 0.15) is 6.04 Å². The maximum Gasteiger partial charge on any atom is 0.326 e. The van der Waals surface area contributed by atoms with E-state index in [0.29, 0.717) is 12.6 Å². The second kappa shape index (κ2) is 9.13. The van der Waals surface area contributed by atoms with Crippen molar-refractivity contribution in [3.63, 3.8) is 0 Å². The molecule has 0 aliphatic carbocycles. The first kappa shape index (κ1) is 18.2. The Hall–Kier alpha value is -1.83. The Bertz CT molecular complexity index is 346. The lowest BCUT2D eigenvalue weighted by Gasteiger charge is -2.21. The third-order valence-corrected chi connectivity index (χ3v) is 2.86. The van der Waals surface area contributed by atoms with Crippen molar-refractivity contribution in [2.75, 3.05) is 20.1 Å². The molecule has 0 spiro atoms. The normalized spacial score (nSPS) is 12.2. The van der Waals surface area contributed by atoms with Crippen LogP contribution < -0.4 is 16.4 Å². The highest BCUT2D eigenvalue weighted by Gasteiger charge is 2.21. The van der Waals surface area contributed by atoms with Crippen LogP contribution in [0.3, 0.4) is 0 Å². The molecule has 0 saturated carbocycles. The van der Waals surface area contributed by atoms with E-state index < -0.39 is 30.4 Å². The topological polar surface area (TPSA) is 125 Å². The Morgan fingerprint density at radius 3 is 2.35 bits per heavy atom. The summed E-state index contributed by atoms with van der Waals surface area (Å²) >= 11 is 0. The number of hydrogen-bond donors (Lipinski definition) is 4. The van der Waals surface area contributed by atoms with Crippen LogP contribution in [0.25, 0.3) is 0 Å². The van der Waals surface area contributed by atoms with Crippen LogP contribution in [0.1, 0.15) is 26.7 Å². The van der Waals surface area contributed by atoms with Gasteiger partial charge in [-0.25, -0.2) is 9.59 Å².